The van der Waals surface area contributed by atoms with Gasteiger partial charge in [0.1, 0.15) is 17.2 Å². The summed E-state index contributed by atoms with van der Waals surface area (Å²) >= 11 is 0. The number of nitrogens with zero attached hydrogens (tertiary/aromatic N) is 2. The molecule has 0 saturated heterocycles. The lowest BCUT2D eigenvalue weighted by atomic mass is 10.2. The zero-order valence-corrected chi connectivity index (χ0v) is 15.8. The number of nitrogens with one attached hydrogen (secondary N) is 1. The molecule has 0 aromatic heterocycles. The van der Waals surface area contributed by atoms with Crippen molar-refractivity contribution < 1.29 is 29.4 Å². The highest BCUT2D eigenvalue weighted by molar-refractivity contribution is 5.97. The number of amides is 1. The highest BCUT2D eigenvalue weighted by Gasteiger charge is 2.11. The molecule has 3 rings (SSSR count). The maximum atomic E-state index is 12.0. The van der Waals surface area contributed by atoms with Crippen molar-refractivity contribution in [1.82, 2.24) is 0 Å². The van der Waals surface area contributed by atoms with Gasteiger partial charge in [0, 0.05) is 6.07 Å². The number of aromatic hydroxyl groups is 2. The topological polar surface area (TPSA) is 130 Å². The average molecular weight is 407 g/mol. The number of azo groups is 1. The fraction of sp³-hybridized carbons (Fsp3) is 0.0476. The molecule has 0 fully saturated rings. The lowest BCUT2D eigenvalue weighted by molar-refractivity contribution is 0.0596. The maximum absolute atomic E-state index is 12.0. The van der Waals surface area contributed by atoms with Crippen molar-refractivity contribution in [1.29, 1.82) is 0 Å². The van der Waals surface area contributed by atoms with Gasteiger partial charge in [-0.05, 0) is 60.7 Å². The summed E-state index contributed by atoms with van der Waals surface area (Å²) in [5, 5.41) is 26.3. The van der Waals surface area contributed by atoms with Crippen LogP contribution in [0.4, 0.5) is 11.4 Å². The van der Waals surface area contributed by atoms with Crippen molar-refractivity contribution in [2.45, 2.75) is 0 Å². The maximum Gasteiger partial charge on any atom is 0.362 e. The molecular weight excluding hydrogens is 390 g/mol. The number of benzene rings is 3. The molecule has 9 nitrogen and oxygen atoms in total. The lowest BCUT2D eigenvalue weighted by Crippen LogP contribution is -2.10. The molecule has 0 bridgehead atoms. The van der Waals surface area contributed by atoms with Crippen LogP contribution in [0.5, 0.6) is 17.2 Å². The molecule has 0 saturated carbocycles. The number of phenols is 2. The van der Waals surface area contributed by atoms with E-state index in [0.29, 0.717) is 22.7 Å². The molecular formula is C21H17N3O6. The van der Waals surface area contributed by atoms with Crippen LogP contribution < -0.4 is 10.2 Å². The average Bonchev–Trinajstić information content (AvgIpc) is 2.76. The van der Waals surface area contributed by atoms with Gasteiger partial charge in [-0.25, -0.2) is 10.3 Å². The fourth-order valence-corrected chi connectivity index (χ4v) is 2.35. The third-order valence-corrected chi connectivity index (χ3v) is 3.92. The molecule has 0 unspecified atom stereocenters. The molecule has 3 N–H and O–H groups in total. The summed E-state index contributed by atoms with van der Waals surface area (Å²) in [7, 11) is 1.53. The van der Waals surface area contributed by atoms with E-state index in [9.17, 15) is 19.8 Å². The molecule has 30 heavy (non-hydrogen) atoms. The summed E-state index contributed by atoms with van der Waals surface area (Å²) in [5.41, 5.74) is 3.65. The molecule has 0 radical (unpaired) electrons. The van der Waals surface area contributed by atoms with Gasteiger partial charge in [0.2, 0.25) is 0 Å². The fourth-order valence-electron chi connectivity index (χ4n) is 2.35. The van der Waals surface area contributed by atoms with E-state index in [4.69, 9.17) is 9.57 Å². The van der Waals surface area contributed by atoms with E-state index in [-0.39, 0.29) is 11.3 Å². The number of carbonyl (C=O) groups excluding carboxylic acids is 2. The molecule has 0 heterocycles. The van der Waals surface area contributed by atoms with Crippen LogP contribution in [0.1, 0.15) is 20.7 Å². The van der Waals surface area contributed by atoms with Crippen LogP contribution in [-0.2, 0) is 4.84 Å². The molecule has 0 aliphatic rings. The number of ether oxygens (including phenoxy) is 1. The Morgan fingerprint density at radius 2 is 1.63 bits per heavy atom. The summed E-state index contributed by atoms with van der Waals surface area (Å²) in [6, 6.07) is 16.3. The van der Waals surface area contributed by atoms with Crippen LogP contribution in [0.3, 0.4) is 0 Å². The van der Waals surface area contributed by atoms with Gasteiger partial charge in [0.15, 0.2) is 0 Å². The Kier molecular flexibility index (Phi) is 6.23. The van der Waals surface area contributed by atoms with Crippen molar-refractivity contribution in [2.24, 2.45) is 10.2 Å². The molecule has 0 atom stereocenters. The van der Waals surface area contributed by atoms with E-state index < -0.39 is 17.6 Å². The van der Waals surface area contributed by atoms with Crippen LogP contribution in [0.15, 0.2) is 77.0 Å². The summed E-state index contributed by atoms with van der Waals surface area (Å²) in [6.45, 7) is 0. The van der Waals surface area contributed by atoms with Gasteiger partial charge in [0.25, 0.3) is 5.91 Å². The van der Waals surface area contributed by atoms with Crippen molar-refractivity contribution in [3.05, 3.63) is 77.9 Å². The zero-order chi connectivity index (χ0) is 21.5. The number of carbonyl (C=O) groups is 2. The minimum Gasteiger partial charge on any atom is -0.508 e. The van der Waals surface area contributed by atoms with Gasteiger partial charge < -0.3 is 19.8 Å². The molecule has 1 amide bonds. The largest absolute Gasteiger partial charge is 0.508 e. The van der Waals surface area contributed by atoms with Crippen LogP contribution >= 0.6 is 0 Å². The smallest absolute Gasteiger partial charge is 0.362 e. The molecule has 0 aliphatic heterocycles. The van der Waals surface area contributed by atoms with Gasteiger partial charge in [-0.3, -0.25) is 4.79 Å². The van der Waals surface area contributed by atoms with Gasteiger partial charge in [-0.1, -0.05) is 0 Å². The Morgan fingerprint density at radius 3 is 2.27 bits per heavy atom. The first-order chi connectivity index (χ1) is 14.5. The van der Waals surface area contributed by atoms with E-state index >= 15 is 0 Å². The number of phenolic OH excluding ortho intramolecular Hbond substituents is 2. The second-order valence-electron chi connectivity index (χ2n) is 5.97. The Morgan fingerprint density at radius 1 is 0.933 bits per heavy atom. The Bertz CT molecular complexity index is 1080. The standard InChI is InChI=1S/C21H17N3O6/c1-29-17-9-2-13(3-10-17)21(28)30-24-15-6-4-14(5-7-15)22-23-20(27)18-11-8-16(25)12-19(18)26/h2-12,24-26H,1H3. The molecule has 3 aromatic rings. The third kappa shape index (κ3) is 5.10. The van der Waals surface area contributed by atoms with Gasteiger partial charge >= 0.3 is 5.97 Å². The third-order valence-electron chi connectivity index (χ3n) is 3.92. The summed E-state index contributed by atoms with van der Waals surface area (Å²) in [6.07, 6.45) is 0. The lowest BCUT2D eigenvalue weighted by Gasteiger charge is -2.07. The Hall–Kier alpha value is -4.40. The number of hydrogen-bond donors (Lipinski definition) is 3. The van der Waals surface area contributed by atoms with Crippen LogP contribution in [0, 0.1) is 0 Å². The van der Waals surface area contributed by atoms with Crippen LogP contribution in [0.25, 0.3) is 0 Å². The van der Waals surface area contributed by atoms with Crippen molar-refractivity contribution in [3.63, 3.8) is 0 Å². The van der Waals surface area contributed by atoms with Crippen LogP contribution in [0.2, 0.25) is 0 Å². The monoisotopic (exact) mass is 407 g/mol. The summed E-state index contributed by atoms with van der Waals surface area (Å²) < 4.78 is 5.03. The quantitative estimate of drug-likeness (QED) is 0.412. The van der Waals surface area contributed by atoms with E-state index in [1.807, 2.05) is 0 Å². The Labute approximate surface area is 171 Å². The zero-order valence-electron chi connectivity index (χ0n) is 15.8. The minimum absolute atomic E-state index is 0.0831. The summed E-state index contributed by atoms with van der Waals surface area (Å²) in [4.78, 5) is 29.0. The normalized spacial score (nSPS) is 10.6. The predicted octanol–water partition coefficient (Wildman–Crippen LogP) is 4.21. The minimum atomic E-state index is -0.761. The Balaban J connectivity index is 1.57. The van der Waals surface area contributed by atoms with E-state index in [1.54, 1.807) is 48.5 Å². The van der Waals surface area contributed by atoms with Crippen molar-refractivity contribution in [3.8, 4) is 17.2 Å². The molecule has 0 spiro atoms. The van der Waals surface area contributed by atoms with E-state index in [2.05, 4.69) is 15.7 Å². The summed E-state index contributed by atoms with van der Waals surface area (Å²) in [5.74, 6) is -1.26. The molecule has 9 heteroatoms. The van der Waals surface area contributed by atoms with Crippen LogP contribution in [-0.4, -0.2) is 29.2 Å². The molecule has 152 valence electrons. The van der Waals surface area contributed by atoms with Crippen molar-refractivity contribution >= 4 is 23.3 Å². The first-order valence-corrected chi connectivity index (χ1v) is 8.65. The second kappa shape index (κ2) is 9.20. The van der Waals surface area contributed by atoms with Gasteiger partial charge in [0.05, 0.1) is 29.6 Å². The van der Waals surface area contributed by atoms with Gasteiger partial charge in [-0.2, -0.15) is 0 Å². The first-order valence-electron chi connectivity index (χ1n) is 8.65. The highest BCUT2D eigenvalue weighted by Crippen LogP contribution is 2.24. The van der Waals surface area contributed by atoms with E-state index in [1.165, 1.54) is 19.2 Å². The number of anilines is 1. The number of rotatable bonds is 6. The number of methoxy groups -OCH3 is 1. The number of hydrogen-bond acceptors (Lipinski definition) is 8. The molecule has 3 aromatic carbocycles. The first kappa shape index (κ1) is 20.3. The van der Waals surface area contributed by atoms with Gasteiger partial charge in [-0.15, -0.1) is 10.2 Å². The van der Waals surface area contributed by atoms with E-state index in [0.717, 1.165) is 6.07 Å². The molecule has 0 aliphatic carbocycles. The van der Waals surface area contributed by atoms with Crippen molar-refractivity contribution in [2.75, 3.05) is 12.6 Å². The SMILES string of the molecule is COc1ccc(C(=O)ONc2ccc(N=NC(=O)c3ccc(O)cc3O)cc2)cc1. The predicted molar refractivity (Wildman–Crippen MR) is 107 cm³/mol. The highest BCUT2D eigenvalue weighted by atomic mass is 16.7. The second-order valence-corrected chi connectivity index (χ2v) is 5.97.